The molecule has 0 aliphatic rings. The second-order valence-electron chi connectivity index (χ2n) is 7.48. The number of nitrogens with zero attached hydrogens (tertiary/aromatic N) is 2. The molecule has 0 bridgehead atoms. The Morgan fingerprint density at radius 3 is 2.64 bits per heavy atom. The summed E-state index contributed by atoms with van der Waals surface area (Å²) in [4.78, 5) is 20.3. The molecule has 0 radical (unpaired) electrons. The van der Waals surface area contributed by atoms with Crippen molar-refractivity contribution in [2.75, 3.05) is 20.1 Å². The Labute approximate surface area is 186 Å². The minimum Gasteiger partial charge on any atom is -0.444 e. The number of unbranched alkanes of at least 4 members (excludes halogenated alkanes) is 1. The van der Waals surface area contributed by atoms with Crippen LogP contribution in [0, 0.1) is 0 Å². The van der Waals surface area contributed by atoms with Gasteiger partial charge in [-0.25, -0.2) is 4.79 Å². The first-order chi connectivity index (χ1) is 12.8. The van der Waals surface area contributed by atoms with Gasteiger partial charge in [-0.05, 0) is 45.2 Å². The molecule has 0 spiro atoms. The normalized spacial score (nSPS) is 12.5. The SMILES string of the molecule is CCCCC(CNC(=O)OC(C)(C)C)NC(=NC)NCCc1cccnc1.I. The van der Waals surface area contributed by atoms with E-state index in [1.54, 1.807) is 13.2 Å². The van der Waals surface area contributed by atoms with Gasteiger partial charge in [0.1, 0.15) is 5.60 Å². The van der Waals surface area contributed by atoms with E-state index in [0.29, 0.717) is 6.54 Å². The number of aromatic nitrogens is 1. The number of hydrogen-bond acceptors (Lipinski definition) is 4. The van der Waals surface area contributed by atoms with Gasteiger partial charge in [0.25, 0.3) is 0 Å². The number of pyridine rings is 1. The predicted molar refractivity (Wildman–Crippen MR) is 125 cm³/mol. The molecule has 3 N–H and O–H groups in total. The Morgan fingerprint density at radius 1 is 1.32 bits per heavy atom. The van der Waals surface area contributed by atoms with Crippen LogP contribution in [0.5, 0.6) is 0 Å². The van der Waals surface area contributed by atoms with Gasteiger partial charge < -0.3 is 20.7 Å². The molecule has 0 saturated carbocycles. The average molecular weight is 505 g/mol. The number of carbonyl (C=O) groups excluding carboxylic acids is 1. The van der Waals surface area contributed by atoms with E-state index in [0.717, 1.165) is 38.2 Å². The molecule has 1 unspecified atom stereocenters. The molecular weight excluding hydrogens is 469 g/mol. The van der Waals surface area contributed by atoms with E-state index in [1.807, 2.05) is 33.0 Å². The molecule has 1 aromatic rings. The van der Waals surface area contributed by atoms with Gasteiger partial charge in [0.2, 0.25) is 0 Å². The first-order valence-electron chi connectivity index (χ1n) is 9.67. The van der Waals surface area contributed by atoms with Gasteiger partial charge in [-0.3, -0.25) is 9.98 Å². The highest BCUT2D eigenvalue weighted by atomic mass is 127. The highest BCUT2D eigenvalue weighted by molar-refractivity contribution is 14.0. The fraction of sp³-hybridized carbons (Fsp3) is 0.650. The van der Waals surface area contributed by atoms with Crippen LogP contribution < -0.4 is 16.0 Å². The monoisotopic (exact) mass is 505 g/mol. The van der Waals surface area contributed by atoms with Crippen LogP contribution in [0.1, 0.15) is 52.5 Å². The van der Waals surface area contributed by atoms with Crippen LogP contribution in [0.4, 0.5) is 4.79 Å². The summed E-state index contributed by atoms with van der Waals surface area (Å²) in [7, 11) is 1.75. The summed E-state index contributed by atoms with van der Waals surface area (Å²) in [6.07, 6.45) is 7.21. The van der Waals surface area contributed by atoms with E-state index < -0.39 is 11.7 Å². The van der Waals surface area contributed by atoms with Crippen molar-refractivity contribution in [2.45, 2.75) is 65.0 Å². The van der Waals surface area contributed by atoms with Crippen LogP contribution in [-0.2, 0) is 11.2 Å². The topological polar surface area (TPSA) is 87.6 Å². The van der Waals surface area contributed by atoms with Crippen LogP contribution in [-0.4, -0.2) is 48.8 Å². The third-order valence-corrected chi connectivity index (χ3v) is 3.79. The highest BCUT2D eigenvalue weighted by Crippen LogP contribution is 2.07. The number of aliphatic imine (C=N–C) groups is 1. The maximum absolute atomic E-state index is 11.9. The molecule has 0 saturated heterocycles. The Morgan fingerprint density at radius 2 is 2.07 bits per heavy atom. The van der Waals surface area contributed by atoms with Crippen LogP contribution in [0.3, 0.4) is 0 Å². The molecule has 7 nitrogen and oxygen atoms in total. The Bertz CT molecular complexity index is 576. The lowest BCUT2D eigenvalue weighted by atomic mass is 10.1. The lowest BCUT2D eigenvalue weighted by molar-refractivity contribution is 0.0523. The van der Waals surface area contributed by atoms with E-state index in [2.05, 4.69) is 38.9 Å². The Hall–Kier alpha value is -1.58. The molecule has 1 heterocycles. The molecule has 8 heteroatoms. The molecule has 1 atom stereocenters. The molecule has 160 valence electrons. The molecule has 1 rings (SSSR count). The van der Waals surface area contributed by atoms with Crippen molar-refractivity contribution in [3.05, 3.63) is 30.1 Å². The summed E-state index contributed by atoms with van der Waals surface area (Å²) < 4.78 is 5.31. The summed E-state index contributed by atoms with van der Waals surface area (Å²) >= 11 is 0. The molecule has 0 aromatic carbocycles. The van der Waals surface area contributed by atoms with E-state index in [9.17, 15) is 4.79 Å². The minimum atomic E-state index is -0.500. The number of amides is 1. The number of carbonyl (C=O) groups is 1. The summed E-state index contributed by atoms with van der Waals surface area (Å²) in [6, 6.07) is 4.08. The third kappa shape index (κ3) is 12.7. The van der Waals surface area contributed by atoms with Gasteiger partial charge in [0.05, 0.1) is 0 Å². The van der Waals surface area contributed by atoms with Crippen molar-refractivity contribution in [3.8, 4) is 0 Å². The number of nitrogens with one attached hydrogen (secondary N) is 3. The van der Waals surface area contributed by atoms with Gasteiger partial charge in [-0.15, -0.1) is 24.0 Å². The van der Waals surface area contributed by atoms with Crippen LogP contribution in [0.15, 0.2) is 29.5 Å². The zero-order valence-corrected chi connectivity index (χ0v) is 20.1. The molecule has 0 aliphatic carbocycles. The number of ether oxygens (including phenoxy) is 1. The van der Waals surface area contributed by atoms with E-state index >= 15 is 0 Å². The van der Waals surface area contributed by atoms with Crippen molar-refractivity contribution in [2.24, 2.45) is 4.99 Å². The van der Waals surface area contributed by atoms with E-state index in [4.69, 9.17) is 4.74 Å². The van der Waals surface area contributed by atoms with Gasteiger partial charge >= 0.3 is 6.09 Å². The first kappa shape index (κ1) is 26.4. The van der Waals surface area contributed by atoms with Crippen molar-refractivity contribution >= 4 is 36.0 Å². The standard InChI is InChI=1S/C20H35N5O2.HI/c1-6-7-10-17(15-24-19(26)27-20(2,3)4)25-18(21-5)23-13-11-16-9-8-12-22-14-16;/h8-9,12,14,17H,6-7,10-11,13,15H2,1-5H3,(H,24,26)(H2,21,23,25);1H. The van der Waals surface area contributed by atoms with Crippen molar-refractivity contribution in [1.82, 2.24) is 20.9 Å². The predicted octanol–water partition coefficient (Wildman–Crippen LogP) is 3.49. The number of guanidine groups is 1. The molecule has 1 amide bonds. The number of rotatable bonds is 9. The van der Waals surface area contributed by atoms with Crippen molar-refractivity contribution in [3.63, 3.8) is 0 Å². The fourth-order valence-electron chi connectivity index (χ4n) is 2.46. The third-order valence-electron chi connectivity index (χ3n) is 3.79. The number of hydrogen-bond donors (Lipinski definition) is 3. The maximum Gasteiger partial charge on any atom is 0.407 e. The molecule has 0 aliphatic heterocycles. The number of alkyl carbamates (subject to hydrolysis) is 1. The summed E-state index contributed by atoms with van der Waals surface area (Å²) in [6.45, 7) is 8.96. The first-order valence-corrected chi connectivity index (χ1v) is 9.67. The van der Waals surface area contributed by atoms with Gasteiger partial charge in [-0.1, -0.05) is 25.8 Å². The van der Waals surface area contributed by atoms with Crippen LogP contribution in [0.2, 0.25) is 0 Å². The fourth-order valence-corrected chi connectivity index (χ4v) is 2.46. The zero-order chi connectivity index (χ0) is 20.1. The number of halogens is 1. The van der Waals surface area contributed by atoms with Crippen LogP contribution in [0.25, 0.3) is 0 Å². The smallest absolute Gasteiger partial charge is 0.407 e. The molecule has 28 heavy (non-hydrogen) atoms. The largest absolute Gasteiger partial charge is 0.444 e. The van der Waals surface area contributed by atoms with E-state index in [-0.39, 0.29) is 30.0 Å². The minimum absolute atomic E-state index is 0. The van der Waals surface area contributed by atoms with Gasteiger partial charge in [-0.2, -0.15) is 0 Å². The Kier molecular flexibility index (Phi) is 13.6. The van der Waals surface area contributed by atoms with Crippen LogP contribution >= 0.6 is 24.0 Å². The summed E-state index contributed by atoms with van der Waals surface area (Å²) in [5.41, 5.74) is 0.676. The summed E-state index contributed by atoms with van der Waals surface area (Å²) in [5, 5.41) is 9.56. The van der Waals surface area contributed by atoms with E-state index in [1.165, 1.54) is 5.56 Å². The summed E-state index contributed by atoms with van der Waals surface area (Å²) in [5.74, 6) is 0.728. The molecule has 1 aromatic heterocycles. The van der Waals surface area contributed by atoms with Gasteiger partial charge in [0, 0.05) is 38.6 Å². The zero-order valence-electron chi connectivity index (χ0n) is 17.7. The lowest BCUT2D eigenvalue weighted by Gasteiger charge is -2.24. The quantitative estimate of drug-likeness (QED) is 0.272. The maximum atomic E-state index is 11.9. The second-order valence-corrected chi connectivity index (χ2v) is 7.48. The Balaban J connectivity index is 0.00000729. The molecule has 0 fully saturated rings. The van der Waals surface area contributed by atoms with Gasteiger partial charge in [0.15, 0.2) is 5.96 Å². The average Bonchev–Trinajstić information content (AvgIpc) is 2.62. The highest BCUT2D eigenvalue weighted by Gasteiger charge is 2.18. The lowest BCUT2D eigenvalue weighted by Crippen LogP contribution is -2.49. The molecular formula is C20H36IN5O2. The van der Waals surface area contributed by atoms with Crippen molar-refractivity contribution < 1.29 is 9.53 Å². The second kappa shape index (κ2) is 14.4. The van der Waals surface area contributed by atoms with Crippen molar-refractivity contribution in [1.29, 1.82) is 0 Å².